The maximum atomic E-state index is 11.5. The van der Waals surface area contributed by atoms with E-state index in [9.17, 15) is 4.79 Å². The fourth-order valence-electron chi connectivity index (χ4n) is 3.86. The summed E-state index contributed by atoms with van der Waals surface area (Å²) in [7, 11) is 0. The Kier molecular flexibility index (Phi) is 4.87. The average Bonchev–Trinajstić information content (AvgIpc) is 3.44. The van der Waals surface area contributed by atoms with Crippen LogP contribution in [-0.4, -0.2) is 61.5 Å². The van der Waals surface area contributed by atoms with Gasteiger partial charge in [-0.2, -0.15) is 9.50 Å². The molecule has 1 amide bonds. The lowest BCUT2D eigenvalue weighted by molar-refractivity contribution is -0.130. The van der Waals surface area contributed by atoms with E-state index >= 15 is 0 Å². The highest BCUT2D eigenvalue weighted by Gasteiger charge is 2.19. The van der Waals surface area contributed by atoms with E-state index in [1.165, 1.54) is 10.1 Å². The quantitative estimate of drug-likeness (QED) is 0.543. The second-order valence-electron chi connectivity index (χ2n) is 7.67. The first kappa shape index (κ1) is 19.3. The number of hydrogen-bond acceptors (Lipinski definition) is 7. The molecule has 0 saturated carbocycles. The van der Waals surface area contributed by atoms with Crippen molar-refractivity contribution >= 4 is 17.5 Å². The highest BCUT2D eigenvalue weighted by atomic mass is 16.3. The van der Waals surface area contributed by atoms with Crippen molar-refractivity contribution in [3.05, 3.63) is 54.3 Å². The number of fused-ring (bicyclic) bond motifs is 1. The average molecular weight is 417 g/mol. The molecule has 1 aliphatic heterocycles. The van der Waals surface area contributed by atoms with Crippen LogP contribution in [0.1, 0.15) is 12.5 Å². The van der Waals surface area contributed by atoms with Gasteiger partial charge in [0.25, 0.3) is 5.78 Å². The predicted molar refractivity (Wildman–Crippen MR) is 116 cm³/mol. The minimum absolute atomic E-state index is 0.143. The van der Waals surface area contributed by atoms with Crippen molar-refractivity contribution in [3.63, 3.8) is 0 Å². The first-order chi connectivity index (χ1) is 15.1. The van der Waals surface area contributed by atoms with Crippen molar-refractivity contribution in [3.8, 4) is 22.8 Å². The van der Waals surface area contributed by atoms with E-state index in [1.54, 1.807) is 31.4 Å². The van der Waals surface area contributed by atoms with Crippen LogP contribution in [0.5, 0.6) is 0 Å². The molecule has 31 heavy (non-hydrogen) atoms. The van der Waals surface area contributed by atoms with Crippen LogP contribution < -0.4 is 5.73 Å². The molecular formula is C22H23N7O2. The summed E-state index contributed by atoms with van der Waals surface area (Å²) in [5, 5.41) is 4.39. The van der Waals surface area contributed by atoms with Crippen LogP contribution >= 0.6 is 0 Å². The topological polar surface area (TPSA) is 106 Å². The lowest BCUT2D eigenvalue weighted by Gasteiger charge is -2.34. The van der Waals surface area contributed by atoms with E-state index in [0.717, 1.165) is 44.0 Å². The Labute approximate surface area is 179 Å². The van der Waals surface area contributed by atoms with E-state index < -0.39 is 0 Å². The number of amides is 1. The summed E-state index contributed by atoms with van der Waals surface area (Å²) in [6.07, 6.45) is 1.58. The largest absolute Gasteiger partial charge is 0.461 e. The fraction of sp³-hybridized carbons (Fsp3) is 0.273. The highest BCUT2D eigenvalue weighted by Crippen LogP contribution is 2.24. The molecule has 9 heteroatoms. The zero-order valence-corrected chi connectivity index (χ0v) is 17.2. The lowest BCUT2D eigenvalue weighted by atomic mass is 10.1. The first-order valence-electron chi connectivity index (χ1n) is 10.2. The van der Waals surface area contributed by atoms with Gasteiger partial charge in [0.15, 0.2) is 5.76 Å². The molecule has 2 N–H and O–H groups in total. The van der Waals surface area contributed by atoms with Crippen LogP contribution in [0.4, 0.5) is 5.82 Å². The van der Waals surface area contributed by atoms with Crippen LogP contribution in [0, 0.1) is 0 Å². The number of benzene rings is 1. The van der Waals surface area contributed by atoms with Gasteiger partial charge in [0, 0.05) is 51.3 Å². The molecule has 0 atom stereocenters. The summed E-state index contributed by atoms with van der Waals surface area (Å²) >= 11 is 0. The van der Waals surface area contributed by atoms with Crippen LogP contribution in [0.3, 0.4) is 0 Å². The molecule has 0 radical (unpaired) electrons. The second kappa shape index (κ2) is 7.84. The smallest absolute Gasteiger partial charge is 0.255 e. The van der Waals surface area contributed by atoms with Crippen molar-refractivity contribution in [1.82, 2.24) is 29.4 Å². The highest BCUT2D eigenvalue weighted by molar-refractivity contribution is 5.73. The van der Waals surface area contributed by atoms with Gasteiger partial charge in [0.2, 0.25) is 11.7 Å². The molecule has 0 spiro atoms. The summed E-state index contributed by atoms with van der Waals surface area (Å²) in [5.74, 6) is 2.03. The summed E-state index contributed by atoms with van der Waals surface area (Å²) in [4.78, 5) is 24.9. The number of carbonyl (C=O) groups excluding carboxylic acids is 1. The van der Waals surface area contributed by atoms with Gasteiger partial charge in [-0.1, -0.05) is 18.2 Å². The molecular weight excluding hydrogens is 394 g/mol. The number of nitrogens with two attached hydrogens (primary N) is 1. The minimum Gasteiger partial charge on any atom is -0.461 e. The van der Waals surface area contributed by atoms with E-state index in [1.807, 2.05) is 17.0 Å². The van der Waals surface area contributed by atoms with Crippen LogP contribution in [-0.2, 0) is 11.3 Å². The number of carbonyl (C=O) groups is 1. The fourth-order valence-corrected chi connectivity index (χ4v) is 3.86. The normalized spacial score (nSPS) is 14.9. The number of piperazine rings is 1. The Morgan fingerprint density at radius 1 is 1.10 bits per heavy atom. The van der Waals surface area contributed by atoms with E-state index in [0.29, 0.717) is 23.2 Å². The summed E-state index contributed by atoms with van der Waals surface area (Å²) in [6.45, 7) is 5.74. The Hall–Kier alpha value is -3.72. The monoisotopic (exact) mass is 417 g/mol. The number of rotatable bonds is 4. The van der Waals surface area contributed by atoms with Gasteiger partial charge < -0.3 is 15.1 Å². The van der Waals surface area contributed by atoms with E-state index in [4.69, 9.17) is 10.2 Å². The molecule has 9 nitrogen and oxygen atoms in total. The number of furan rings is 1. The second-order valence-corrected chi connectivity index (χ2v) is 7.67. The van der Waals surface area contributed by atoms with Crippen molar-refractivity contribution in [2.45, 2.75) is 13.5 Å². The van der Waals surface area contributed by atoms with Gasteiger partial charge in [-0.05, 0) is 23.8 Å². The predicted octanol–water partition coefficient (Wildman–Crippen LogP) is 2.30. The summed E-state index contributed by atoms with van der Waals surface area (Å²) < 4.78 is 6.89. The third kappa shape index (κ3) is 3.87. The molecule has 1 aromatic carbocycles. The molecule has 1 fully saturated rings. The zero-order chi connectivity index (χ0) is 21.4. The Morgan fingerprint density at radius 2 is 1.94 bits per heavy atom. The lowest BCUT2D eigenvalue weighted by Crippen LogP contribution is -2.47. The maximum Gasteiger partial charge on any atom is 0.255 e. The van der Waals surface area contributed by atoms with Crippen molar-refractivity contribution < 1.29 is 9.21 Å². The van der Waals surface area contributed by atoms with Crippen LogP contribution in [0.2, 0.25) is 0 Å². The summed E-state index contributed by atoms with van der Waals surface area (Å²) in [6, 6.07) is 13.7. The van der Waals surface area contributed by atoms with Gasteiger partial charge in [-0.3, -0.25) is 9.69 Å². The van der Waals surface area contributed by atoms with Crippen molar-refractivity contribution in [2.24, 2.45) is 0 Å². The Balaban J connectivity index is 1.38. The molecule has 3 aromatic heterocycles. The van der Waals surface area contributed by atoms with Crippen molar-refractivity contribution in [2.75, 3.05) is 31.9 Å². The molecule has 0 bridgehead atoms. The number of hydrogen-bond donors (Lipinski definition) is 1. The minimum atomic E-state index is 0.143. The molecule has 0 unspecified atom stereocenters. The maximum absolute atomic E-state index is 11.5. The van der Waals surface area contributed by atoms with Gasteiger partial charge >= 0.3 is 0 Å². The SMILES string of the molecule is CC(=O)N1CCN(Cc2cccc(-c3cc(N)n4nc(-c5ccco5)nc4n3)c2)CC1. The van der Waals surface area contributed by atoms with Crippen LogP contribution in [0.25, 0.3) is 28.6 Å². The standard InChI is InChI=1S/C22H23N7O2/c1-15(30)28-9-7-27(8-10-28)14-16-4-2-5-17(12-16)18-13-20(23)29-22(24-18)25-21(26-29)19-6-3-11-31-19/h2-6,11-13H,7-10,14,23H2,1H3. The summed E-state index contributed by atoms with van der Waals surface area (Å²) in [5.41, 5.74) is 9.13. The van der Waals surface area contributed by atoms with Gasteiger partial charge in [-0.15, -0.1) is 5.10 Å². The molecule has 1 saturated heterocycles. The van der Waals surface area contributed by atoms with Crippen molar-refractivity contribution in [1.29, 1.82) is 0 Å². The van der Waals surface area contributed by atoms with Crippen LogP contribution in [0.15, 0.2) is 53.1 Å². The molecule has 158 valence electrons. The third-order valence-corrected chi connectivity index (χ3v) is 5.53. The Morgan fingerprint density at radius 3 is 2.68 bits per heavy atom. The molecule has 5 rings (SSSR count). The number of nitrogen functional groups attached to an aromatic ring is 1. The number of anilines is 1. The number of aromatic nitrogens is 4. The Bertz CT molecular complexity index is 1220. The third-order valence-electron chi connectivity index (χ3n) is 5.53. The molecule has 4 aromatic rings. The van der Waals surface area contributed by atoms with Gasteiger partial charge in [0.1, 0.15) is 5.82 Å². The van der Waals surface area contributed by atoms with Gasteiger partial charge in [0.05, 0.1) is 12.0 Å². The van der Waals surface area contributed by atoms with E-state index in [2.05, 4.69) is 32.1 Å². The number of nitrogens with zero attached hydrogens (tertiary/aromatic N) is 6. The molecule has 0 aliphatic carbocycles. The van der Waals surface area contributed by atoms with Gasteiger partial charge in [-0.25, -0.2) is 4.98 Å². The molecule has 4 heterocycles. The van der Waals surface area contributed by atoms with E-state index in [-0.39, 0.29) is 5.91 Å². The molecule has 1 aliphatic rings. The first-order valence-corrected chi connectivity index (χ1v) is 10.2. The zero-order valence-electron chi connectivity index (χ0n) is 17.2.